The molecule has 0 fully saturated rings. The SMILES string of the molecule is Cn1ncc(C(N)=S)c1NC(=O)c1ccccc1O. The first kappa shape index (κ1) is 13.0. The molecule has 0 atom stereocenters. The Morgan fingerprint density at radius 3 is 2.74 bits per heavy atom. The van der Waals surface area contributed by atoms with Crippen molar-refractivity contribution in [1.82, 2.24) is 9.78 Å². The summed E-state index contributed by atoms with van der Waals surface area (Å²) in [6, 6.07) is 6.25. The molecule has 0 saturated heterocycles. The predicted octanol–water partition coefficient (Wildman–Crippen LogP) is 1.01. The van der Waals surface area contributed by atoms with Crippen molar-refractivity contribution in [2.75, 3.05) is 5.32 Å². The molecule has 0 radical (unpaired) electrons. The number of amides is 1. The zero-order valence-electron chi connectivity index (χ0n) is 10.1. The van der Waals surface area contributed by atoms with Crippen LogP contribution in [0.2, 0.25) is 0 Å². The van der Waals surface area contributed by atoms with Crippen molar-refractivity contribution in [2.24, 2.45) is 12.8 Å². The average Bonchev–Trinajstić information content (AvgIpc) is 2.71. The molecule has 4 N–H and O–H groups in total. The Kier molecular flexibility index (Phi) is 3.48. The molecule has 1 amide bonds. The van der Waals surface area contributed by atoms with Crippen molar-refractivity contribution in [3.63, 3.8) is 0 Å². The van der Waals surface area contributed by atoms with Gasteiger partial charge in [-0.2, -0.15) is 5.10 Å². The third-order valence-corrected chi connectivity index (χ3v) is 2.80. The van der Waals surface area contributed by atoms with Crippen LogP contribution >= 0.6 is 12.2 Å². The fraction of sp³-hybridized carbons (Fsp3) is 0.0833. The highest BCUT2D eigenvalue weighted by molar-refractivity contribution is 7.80. The Balaban J connectivity index is 2.32. The number of phenolic OH excluding ortho intramolecular Hbond substituents is 1. The minimum absolute atomic E-state index is 0.0981. The van der Waals surface area contributed by atoms with Crippen LogP contribution in [0.15, 0.2) is 30.5 Å². The zero-order valence-corrected chi connectivity index (χ0v) is 10.9. The van der Waals surface area contributed by atoms with Gasteiger partial charge in [-0.05, 0) is 12.1 Å². The lowest BCUT2D eigenvalue weighted by atomic mass is 10.2. The zero-order chi connectivity index (χ0) is 14.0. The van der Waals surface area contributed by atoms with Gasteiger partial charge in [-0.15, -0.1) is 0 Å². The van der Waals surface area contributed by atoms with Crippen molar-refractivity contribution in [3.05, 3.63) is 41.6 Å². The Morgan fingerprint density at radius 2 is 2.11 bits per heavy atom. The van der Waals surface area contributed by atoms with Crippen molar-refractivity contribution in [1.29, 1.82) is 0 Å². The van der Waals surface area contributed by atoms with Crippen LogP contribution in [0.25, 0.3) is 0 Å². The summed E-state index contributed by atoms with van der Waals surface area (Å²) in [5.41, 5.74) is 6.19. The number of nitrogens with zero attached hydrogens (tertiary/aromatic N) is 2. The first-order chi connectivity index (χ1) is 9.00. The first-order valence-corrected chi connectivity index (χ1v) is 5.82. The summed E-state index contributed by atoms with van der Waals surface area (Å²) in [6.07, 6.45) is 1.47. The highest BCUT2D eigenvalue weighted by Crippen LogP contribution is 2.19. The standard InChI is InChI=1S/C12H12N4O2S/c1-16-11(8(6-14-16)10(13)19)15-12(18)7-4-2-3-5-9(7)17/h2-6,17H,1H3,(H2,13,19)(H,15,18). The second-order valence-electron chi connectivity index (χ2n) is 3.87. The summed E-state index contributed by atoms with van der Waals surface area (Å²) < 4.78 is 1.45. The molecule has 0 aliphatic heterocycles. The van der Waals surface area contributed by atoms with Gasteiger partial charge in [0, 0.05) is 7.05 Å². The number of rotatable bonds is 3. The van der Waals surface area contributed by atoms with E-state index >= 15 is 0 Å². The number of anilines is 1. The molecule has 7 heteroatoms. The minimum Gasteiger partial charge on any atom is -0.507 e. The summed E-state index contributed by atoms with van der Waals surface area (Å²) >= 11 is 4.88. The highest BCUT2D eigenvalue weighted by atomic mass is 32.1. The largest absolute Gasteiger partial charge is 0.507 e. The summed E-state index contributed by atoms with van der Waals surface area (Å²) in [6.45, 7) is 0. The number of carbonyl (C=O) groups is 1. The molecule has 1 heterocycles. The van der Waals surface area contributed by atoms with Gasteiger partial charge in [0.1, 0.15) is 16.6 Å². The van der Waals surface area contributed by atoms with E-state index in [1.807, 2.05) is 0 Å². The monoisotopic (exact) mass is 276 g/mol. The van der Waals surface area contributed by atoms with Crippen LogP contribution in [-0.2, 0) is 7.05 Å². The van der Waals surface area contributed by atoms with Gasteiger partial charge in [-0.3, -0.25) is 9.48 Å². The maximum Gasteiger partial charge on any atom is 0.260 e. The van der Waals surface area contributed by atoms with Gasteiger partial charge >= 0.3 is 0 Å². The number of nitrogens with one attached hydrogen (secondary N) is 1. The molecule has 98 valence electrons. The molecule has 0 unspecified atom stereocenters. The van der Waals surface area contributed by atoms with Crippen molar-refractivity contribution >= 4 is 28.9 Å². The van der Waals surface area contributed by atoms with Crippen molar-refractivity contribution in [3.8, 4) is 5.75 Å². The normalized spacial score (nSPS) is 10.2. The third kappa shape index (κ3) is 2.55. The van der Waals surface area contributed by atoms with Crippen LogP contribution in [0.4, 0.5) is 5.82 Å². The van der Waals surface area contributed by atoms with Crippen LogP contribution in [0.3, 0.4) is 0 Å². The van der Waals surface area contributed by atoms with E-state index < -0.39 is 5.91 Å². The first-order valence-electron chi connectivity index (χ1n) is 5.42. The van der Waals surface area contributed by atoms with Gasteiger partial charge in [-0.25, -0.2) is 0 Å². The van der Waals surface area contributed by atoms with E-state index in [9.17, 15) is 9.90 Å². The molecule has 2 rings (SSSR count). The van der Waals surface area contributed by atoms with Gasteiger partial charge in [0.2, 0.25) is 0 Å². The second kappa shape index (κ2) is 5.07. The average molecular weight is 276 g/mol. The molecule has 0 aliphatic rings. The molecule has 0 saturated carbocycles. The molecule has 1 aromatic carbocycles. The topological polar surface area (TPSA) is 93.2 Å². The molecular weight excluding hydrogens is 264 g/mol. The fourth-order valence-corrected chi connectivity index (χ4v) is 1.76. The number of benzene rings is 1. The van der Waals surface area contributed by atoms with E-state index in [4.69, 9.17) is 18.0 Å². The summed E-state index contributed by atoms with van der Waals surface area (Å²) in [5, 5.41) is 16.2. The molecule has 0 spiro atoms. The van der Waals surface area contributed by atoms with Crippen molar-refractivity contribution < 1.29 is 9.90 Å². The second-order valence-corrected chi connectivity index (χ2v) is 4.31. The molecule has 19 heavy (non-hydrogen) atoms. The molecule has 6 nitrogen and oxygen atoms in total. The minimum atomic E-state index is -0.459. The summed E-state index contributed by atoms with van der Waals surface area (Å²) in [7, 11) is 1.65. The number of aromatic hydroxyl groups is 1. The maximum atomic E-state index is 12.1. The number of hydrogen-bond acceptors (Lipinski definition) is 4. The molecule has 2 aromatic rings. The molecular formula is C12H12N4O2S. The Bertz CT molecular complexity index is 651. The van der Waals surface area contributed by atoms with Crippen LogP contribution in [0, 0.1) is 0 Å². The quantitative estimate of drug-likeness (QED) is 0.728. The van der Waals surface area contributed by atoms with E-state index in [2.05, 4.69) is 10.4 Å². The van der Waals surface area contributed by atoms with E-state index in [0.717, 1.165) is 0 Å². The number of aryl methyl sites for hydroxylation is 1. The molecule has 0 aliphatic carbocycles. The Hall–Kier alpha value is -2.41. The number of nitrogens with two attached hydrogens (primary N) is 1. The van der Waals surface area contributed by atoms with Crippen LogP contribution in [0.5, 0.6) is 5.75 Å². The van der Waals surface area contributed by atoms with E-state index in [0.29, 0.717) is 11.4 Å². The number of thiocarbonyl (C=S) groups is 1. The smallest absolute Gasteiger partial charge is 0.260 e. The Morgan fingerprint density at radius 1 is 1.42 bits per heavy atom. The van der Waals surface area contributed by atoms with Crippen molar-refractivity contribution in [2.45, 2.75) is 0 Å². The van der Waals surface area contributed by atoms with Crippen LogP contribution in [0.1, 0.15) is 15.9 Å². The fourth-order valence-electron chi connectivity index (χ4n) is 1.61. The van der Waals surface area contributed by atoms with Gasteiger partial charge < -0.3 is 16.2 Å². The lowest BCUT2D eigenvalue weighted by Gasteiger charge is -2.08. The lowest BCUT2D eigenvalue weighted by Crippen LogP contribution is -2.18. The van der Waals surface area contributed by atoms with Crippen LogP contribution < -0.4 is 11.1 Å². The van der Waals surface area contributed by atoms with Gasteiger partial charge in [-0.1, -0.05) is 24.4 Å². The number of hydrogen-bond donors (Lipinski definition) is 3. The predicted molar refractivity (Wildman–Crippen MR) is 75.2 cm³/mol. The van der Waals surface area contributed by atoms with E-state index in [1.165, 1.54) is 23.0 Å². The number of phenols is 1. The van der Waals surface area contributed by atoms with E-state index in [1.54, 1.807) is 19.2 Å². The van der Waals surface area contributed by atoms with Gasteiger partial charge in [0.15, 0.2) is 0 Å². The van der Waals surface area contributed by atoms with Gasteiger partial charge in [0.25, 0.3) is 5.91 Å². The Labute approximate surface area is 114 Å². The third-order valence-electron chi connectivity index (χ3n) is 2.58. The summed E-state index contributed by atoms with van der Waals surface area (Å²) in [4.78, 5) is 12.2. The molecule has 0 bridgehead atoms. The summed E-state index contributed by atoms with van der Waals surface area (Å²) in [5.74, 6) is -0.168. The molecule has 1 aromatic heterocycles. The number of carbonyl (C=O) groups excluding carboxylic acids is 1. The van der Waals surface area contributed by atoms with Gasteiger partial charge in [0.05, 0.1) is 17.3 Å². The number of para-hydroxylation sites is 1. The number of aromatic nitrogens is 2. The van der Waals surface area contributed by atoms with Crippen LogP contribution in [-0.4, -0.2) is 25.8 Å². The highest BCUT2D eigenvalue weighted by Gasteiger charge is 2.16. The maximum absolute atomic E-state index is 12.1. The lowest BCUT2D eigenvalue weighted by molar-refractivity contribution is 0.102. The van der Waals surface area contributed by atoms with E-state index in [-0.39, 0.29) is 16.3 Å².